The van der Waals surface area contributed by atoms with Gasteiger partial charge in [-0.15, -0.1) is 0 Å². The maximum atomic E-state index is 13.7. The van der Waals surface area contributed by atoms with E-state index in [1.165, 1.54) is 18.9 Å². The van der Waals surface area contributed by atoms with Crippen molar-refractivity contribution in [3.63, 3.8) is 0 Å². The number of benzene rings is 1. The standard InChI is InChI=1S/C14H20FNO/c1-14(2,16)8-11-5-6-13(12(15)7-11)17-9-10-3-4-10/h5-7,10H,3-4,8-9,16H2,1-2H3. The van der Waals surface area contributed by atoms with Crippen LogP contribution in [0.5, 0.6) is 5.75 Å². The molecule has 1 aliphatic carbocycles. The Kier molecular flexibility index (Phi) is 3.38. The molecule has 3 heteroatoms. The van der Waals surface area contributed by atoms with Crippen LogP contribution in [0.3, 0.4) is 0 Å². The highest BCUT2D eigenvalue weighted by Gasteiger charge is 2.22. The number of hydrogen-bond donors (Lipinski definition) is 1. The third kappa shape index (κ3) is 4.00. The average molecular weight is 237 g/mol. The van der Waals surface area contributed by atoms with Gasteiger partial charge in [0.15, 0.2) is 11.6 Å². The highest BCUT2D eigenvalue weighted by atomic mass is 19.1. The Labute approximate surface area is 102 Å². The van der Waals surface area contributed by atoms with E-state index in [2.05, 4.69) is 0 Å². The van der Waals surface area contributed by atoms with E-state index in [0.29, 0.717) is 24.7 Å². The molecule has 0 unspecified atom stereocenters. The molecule has 0 aromatic heterocycles. The minimum Gasteiger partial charge on any atom is -0.490 e. The molecule has 0 amide bonds. The number of hydrogen-bond acceptors (Lipinski definition) is 2. The lowest BCUT2D eigenvalue weighted by Crippen LogP contribution is -2.34. The summed E-state index contributed by atoms with van der Waals surface area (Å²) >= 11 is 0. The molecule has 1 aromatic rings. The lowest BCUT2D eigenvalue weighted by atomic mass is 9.96. The fraction of sp³-hybridized carbons (Fsp3) is 0.571. The zero-order valence-corrected chi connectivity index (χ0v) is 10.5. The number of rotatable bonds is 5. The van der Waals surface area contributed by atoms with E-state index in [1.54, 1.807) is 6.07 Å². The lowest BCUT2D eigenvalue weighted by molar-refractivity contribution is 0.285. The zero-order valence-electron chi connectivity index (χ0n) is 10.5. The molecule has 2 nitrogen and oxygen atoms in total. The molecule has 0 aliphatic heterocycles. The van der Waals surface area contributed by atoms with Crippen molar-refractivity contribution in [2.75, 3.05) is 6.61 Å². The first-order valence-electron chi connectivity index (χ1n) is 6.14. The van der Waals surface area contributed by atoms with E-state index in [4.69, 9.17) is 10.5 Å². The molecular formula is C14H20FNO. The lowest BCUT2D eigenvalue weighted by Gasteiger charge is -2.18. The second kappa shape index (κ2) is 4.65. The van der Waals surface area contributed by atoms with Crippen molar-refractivity contribution in [2.24, 2.45) is 11.7 Å². The van der Waals surface area contributed by atoms with Gasteiger partial charge in [-0.2, -0.15) is 0 Å². The van der Waals surface area contributed by atoms with Crippen molar-refractivity contribution in [2.45, 2.75) is 38.6 Å². The Morgan fingerprint density at radius 1 is 1.41 bits per heavy atom. The van der Waals surface area contributed by atoms with Crippen LogP contribution in [-0.2, 0) is 6.42 Å². The number of nitrogens with two attached hydrogens (primary N) is 1. The molecule has 0 bridgehead atoms. The van der Waals surface area contributed by atoms with Crippen molar-refractivity contribution in [3.8, 4) is 5.75 Å². The van der Waals surface area contributed by atoms with Crippen molar-refractivity contribution in [1.82, 2.24) is 0 Å². The molecule has 1 aromatic carbocycles. The van der Waals surface area contributed by atoms with E-state index < -0.39 is 0 Å². The summed E-state index contributed by atoms with van der Waals surface area (Å²) in [7, 11) is 0. The van der Waals surface area contributed by atoms with Gasteiger partial charge in [0.25, 0.3) is 0 Å². The van der Waals surface area contributed by atoms with E-state index >= 15 is 0 Å². The minimum atomic E-state index is -0.317. The Balaban J connectivity index is 1.99. The predicted octanol–water partition coefficient (Wildman–Crippen LogP) is 2.89. The van der Waals surface area contributed by atoms with Gasteiger partial charge < -0.3 is 10.5 Å². The summed E-state index contributed by atoms with van der Waals surface area (Å²) in [5.41, 5.74) is 6.50. The van der Waals surface area contributed by atoms with Crippen molar-refractivity contribution < 1.29 is 9.13 Å². The van der Waals surface area contributed by atoms with Crippen LogP contribution in [0.15, 0.2) is 18.2 Å². The van der Waals surface area contributed by atoms with Gasteiger partial charge in [0.2, 0.25) is 0 Å². The normalized spacial score (nSPS) is 16.0. The van der Waals surface area contributed by atoms with Crippen LogP contribution in [0.1, 0.15) is 32.3 Å². The molecule has 1 fully saturated rings. The van der Waals surface area contributed by atoms with Crippen LogP contribution in [0.2, 0.25) is 0 Å². The summed E-state index contributed by atoms with van der Waals surface area (Å²) in [6.07, 6.45) is 3.08. The third-order valence-electron chi connectivity index (χ3n) is 2.83. The van der Waals surface area contributed by atoms with E-state index in [-0.39, 0.29) is 11.4 Å². The second-order valence-corrected chi connectivity index (χ2v) is 5.68. The van der Waals surface area contributed by atoms with Crippen LogP contribution < -0.4 is 10.5 Å². The first kappa shape index (κ1) is 12.4. The Bertz CT molecular complexity index is 394. The topological polar surface area (TPSA) is 35.2 Å². The summed E-state index contributed by atoms with van der Waals surface area (Å²) in [5, 5.41) is 0. The maximum absolute atomic E-state index is 13.7. The third-order valence-corrected chi connectivity index (χ3v) is 2.83. The molecule has 2 rings (SSSR count). The first-order valence-corrected chi connectivity index (χ1v) is 6.14. The van der Waals surface area contributed by atoms with Crippen LogP contribution in [-0.4, -0.2) is 12.1 Å². The molecule has 2 N–H and O–H groups in total. The number of ether oxygens (including phenoxy) is 1. The van der Waals surface area contributed by atoms with Gasteiger partial charge in [0.05, 0.1) is 6.61 Å². The monoisotopic (exact) mass is 237 g/mol. The van der Waals surface area contributed by atoms with E-state index in [1.807, 2.05) is 19.9 Å². The van der Waals surface area contributed by atoms with Crippen LogP contribution >= 0.6 is 0 Å². The Hall–Kier alpha value is -1.09. The van der Waals surface area contributed by atoms with Gasteiger partial charge in [-0.1, -0.05) is 6.07 Å². The molecule has 0 spiro atoms. The summed E-state index contributed by atoms with van der Waals surface area (Å²) in [6, 6.07) is 5.12. The van der Waals surface area contributed by atoms with Gasteiger partial charge >= 0.3 is 0 Å². The predicted molar refractivity (Wildman–Crippen MR) is 66.6 cm³/mol. The van der Waals surface area contributed by atoms with E-state index in [9.17, 15) is 4.39 Å². The minimum absolute atomic E-state index is 0.285. The molecule has 1 aliphatic rings. The molecule has 1 saturated carbocycles. The fourth-order valence-corrected chi connectivity index (χ4v) is 1.79. The van der Waals surface area contributed by atoms with Gasteiger partial charge in [-0.25, -0.2) is 4.39 Å². The van der Waals surface area contributed by atoms with Crippen LogP contribution in [0.25, 0.3) is 0 Å². The molecule has 17 heavy (non-hydrogen) atoms. The Morgan fingerprint density at radius 3 is 2.65 bits per heavy atom. The summed E-state index contributed by atoms with van der Waals surface area (Å²) in [4.78, 5) is 0. The molecule has 0 heterocycles. The zero-order chi connectivity index (χ0) is 12.5. The number of halogens is 1. The van der Waals surface area contributed by atoms with Crippen LogP contribution in [0.4, 0.5) is 4.39 Å². The highest BCUT2D eigenvalue weighted by Crippen LogP contribution is 2.30. The second-order valence-electron chi connectivity index (χ2n) is 5.68. The highest BCUT2D eigenvalue weighted by molar-refractivity contribution is 5.30. The van der Waals surface area contributed by atoms with Gasteiger partial charge in [0, 0.05) is 5.54 Å². The van der Waals surface area contributed by atoms with Gasteiger partial charge in [-0.3, -0.25) is 0 Å². The molecule has 0 radical (unpaired) electrons. The summed E-state index contributed by atoms with van der Waals surface area (Å²) < 4.78 is 19.2. The summed E-state index contributed by atoms with van der Waals surface area (Å²) in [5.74, 6) is 0.708. The quantitative estimate of drug-likeness (QED) is 0.854. The fourth-order valence-electron chi connectivity index (χ4n) is 1.79. The van der Waals surface area contributed by atoms with Crippen molar-refractivity contribution in [1.29, 1.82) is 0 Å². The largest absolute Gasteiger partial charge is 0.490 e. The van der Waals surface area contributed by atoms with Gasteiger partial charge in [-0.05, 0) is 56.7 Å². The Morgan fingerprint density at radius 2 is 2.12 bits per heavy atom. The molecule has 0 atom stereocenters. The van der Waals surface area contributed by atoms with E-state index in [0.717, 1.165) is 5.56 Å². The molecule has 0 saturated heterocycles. The molecular weight excluding hydrogens is 217 g/mol. The van der Waals surface area contributed by atoms with Crippen molar-refractivity contribution in [3.05, 3.63) is 29.6 Å². The van der Waals surface area contributed by atoms with Gasteiger partial charge in [0.1, 0.15) is 0 Å². The maximum Gasteiger partial charge on any atom is 0.165 e. The summed E-state index contributed by atoms with van der Waals surface area (Å²) in [6.45, 7) is 4.50. The first-order chi connectivity index (χ1) is 7.94. The van der Waals surface area contributed by atoms with Crippen LogP contribution in [0, 0.1) is 11.7 Å². The molecule has 94 valence electrons. The smallest absolute Gasteiger partial charge is 0.165 e. The SMILES string of the molecule is CC(C)(N)Cc1ccc(OCC2CC2)c(F)c1. The average Bonchev–Trinajstić information content (AvgIpc) is 2.97. The van der Waals surface area contributed by atoms with Crippen molar-refractivity contribution >= 4 is 0 Å².